The quantitative estimate of drug-likeness (QED) is 0.528. The second-order valence-corrected chi connectivity index (χ2v) is 5.04. The SMILES string of the molecule is C=CCN(NC(=O)NCc1ccccc1)C(C)(C)C(=O)O. The van der Waals surface area contributed by atoms with Crippen LogP contribution in [0.5, 0.6) is 0 Å². The van der Waals surface area contributed by atoms with Crippen molar-refractivity contribution in [1.29, 1.82) is 0 Å². The number of carboxylic acid groups (broad SMARTS) is 1. The normalized spacial score (nSPS) is 11.0. The first-order valence-corrected chi connectivity index (χ1v) is 6.58. The maximum absolute atomic E-state index is 11.9. The molecule has 6 heteroatoms. The summed E-state index contributed by atoms with van der Waals surface area (Å²) < 4.78 is 0. The first kappa shape index (κ1) is 16.7. The van der Waals surface area contributed by atoms with Crippen LogP contribution in [0.2, 0.25) is 0 Å². The summed E-state index contributed by atoms with van der Waals surface area (Å²) in [5.41, 5.74) is 2.26. The number of carboxylic acids is 1. The van der Waals surface area contributed by atoms with Gasteiger partial charge < -0.3 is 10.4 Å². The van der Waals surface area contributed by atoms with Crippen LogP contribution >= 0.6 is 0 Å². The van der Waals surface area contributed by atoms with Crippen LogP contribution in [0.3, 0.4) is 0 Å². The molecule has 6 nitrogen and oxygen atoms in total. The van der Waals surface area contributed by atoms with Gasteiger partial charge in [0.25, 0.3) is 0 Å². The van der Waals surface area contributed by atoms with E-state index in [0.717, 1.165) is 5.56 Å². The van der Waals surface area contributed by atoms with Gasteiger partial charge in [-0.05, 0) is 19.4 Å². The molecule has 114 valence electrons. The van der Waals surface area contributed by atoms with E-state index < -0.39 is 17.5 Å². The molecule has 0 radical (unpaired) electrons. The van der Waals surface area contributed by atoms with Crippen molar-refractivity contribution in [3.63, 3.8) is 0 Å². The minimum Gasteiger partial charge on any atom is -0.480 e. The lowest BCUT2D eigenvalue weighted by molar-refractivity contribution is -0.150. The molecule has 0 saturated carbocycles. The van der Waals surface area contributed by atoms with Gasteiger partial charge in [-0.1, -0.05) is 36.4 Å². The fourth-order valence-electron chi connectivity index (χ4n) is 1.60. The lowest BCUT2D eigenvalue weighted by atomic mass is 10.1. The molecule has 0 bridgehead atoms. The van der Waals surface area contributed by atoms with Crippen LogP contribution in [-0.4, -0.2) is 34.2 Å². The maximum atomic E-state index is 11.9. The summed E-state index contributed by atoms with van der Waals surface area (Å²) in [6, 6.07) is 8.98. The van der Waals surface area contributed by atoms with Crippen LogP contribution in [0.15, 0.2) is 43.0 Å². The van der Waals surface area contributed by atoms with E-state index in [9.17, 15) is 14.7 Å². The summed E-state index contributed by atoms with van der Waals surface area (Å²) in [5, 5.41) is 13.2. The lowest BCUT2D eigenvalue weighted by Gasteiger charge is -2.34. The third kappa shape index (κ3) is 4.92. The van der Waals surface area contributed by atoms with Crippen LogP contribution in [-0.2, 0) is 11.3 Å². The van der Waals surface area contributed by atoms with E-state index in [1.54, 1.807) is 0 Å². The van der Waals surface area contributed by atoms with Crippen molar-refractivity contribution < 1.29 is 14.7 Å². The average molecular weight is 291 g/mol. The van der Waals surface area contributed by atoms with Gasteiger partial charge in [0.2, 0.25) is 0 Å². The molecule has 0 fully saturated rings. The number of benzene rings is 1. The summed E-state index contributed by atoms with van der Waals surface area (Å²) in [5.74, 6) is -1.03. The number of amides is 2. The minimum atomic E-state index is -1.24. The molecule has 0 unspecified atom stereocenters. The van der Waals surface area contributed by atoms with Gasteiger partial charge in [-0.2, -0.15) is 5.01 Å². The van der Waals surface area contributed by atoms with Crippen molar-refractivity contribution in [3.05, 3.63) is 48.6 Å². The zero-order valence-electron chi connectivity index (χ0n) is 12.3. The molecular weight excluding hydrogens is 270 g/mol. The van der Waals surface area contributed by atoms with Crippen LogP contribution in [0.4, 0.5) is 4.79 Å². The summed E-state index contributed by atoms with van der Waals surface area (Å²) >= 11 is 0. The topological polar surface area (TPSA) is 81.7 Å². The highest BCUT2D eigenvalue weighted by atomic mass is 16.4. The molecule has 0 aromatic heterocycles. The Balaban J connectivity index is 2.61. The van der Waals surface area contributed by atoms with Gasteiger partial charge in [0, 0.05) is 13.1 Å². The van der Waals surface area contributed by atoms with E-state index in [4.69, 9.17) is 0 Å². The smallest absolute Gasteiger partial charge is 0.329 e. The summed E-state index contributed by atoms with van der Waals surface area (Å²) in [6.45, 7) is 7.17. The predicted molar refractivity (Wildman–Crippen MR) is 80.4 cm³/mol. The molecule has 0 heterocycles. The Morgan fingerprint density at radius 2 is 1.95 bits per heavy atom. The Bertz CT molecular complexity index is 500. The van der Waals surface area contributed by atoms with E-state index in [-0.39, 0.29) is 6.54 Å². The molecule has 0 spiro atoms. The number of carbonyl (C=O) groups is 2. The standard InChI is InChI=1S/C15H21N3O3/c1-4-10-18(15(2,3)13(19)20)17-14(21)16-11-12-8-6-5-7-9-12/h4-9H,1,10-11H2,2-3H3,(H,19,20)(H2,16,17,21). The molecule has 0 aliphatic rings. The number of hydrogen-bond acceptors (Lipinski definition) is 3. The van der Waals surface area contributed by atoms with Crippen LogP contribution in [0, 0.1) is 0 Å². The summed E-state index contributed by atoms with van der Waals surface area (Å²) in [4.78, 5) is 23.1. The largest absolute Gasteiger partial charge is 0.480 e. The summed E-state index contributed by atoms with van der Waals surface area (Å²) in [7, 11) is 0. The van der Waals surface area contributed by atoms with Gasteiger partial charge in [-0.3, -0.25) is 10.2 Å². The zero-order chi connectivity index (χ0) is 15.9. The molecule has 1 aromatic rings. The molecule has 1 aromatic carbocycles. The second-order valence-electron chi connectivity index (χ2n) is 5.04. The van der Waals surface area contributed by atoms with Gasteiger partial charge >= 0.3 is 12.0 Å². The molecule has 0 aliphatic carbocycles. The van der Waals surface area contributed by atoms with Crippen molar-refractivity contribution in [2.24, 2.45) is 0 Å². The molecule has 0 aliphatic heterocycles. The lowest BCUT2D eigenvalue weighted by Crippen LogP contribution is -2.59. The van der Waals surface area contributed by atoms with E-state index in [2.05, 4.69) is 17.3 Å². The number of nitrogens with one attached hydrogen (secondary N) is 2. The summed E-state index contributed by atoms with van der Waals surface area (Å²) in [6.07, 6.45) is 1.53. The van der Waals surface area contributed by atoms with Crippen LogP contribution in [0.1, 0.15) is 19.4 Å². The Hall–Kier alpha value is -2.34. The monoisotopic (exact) mass is 291 g/mol. The van der Waals surface area contributed by atoms with Crippen molar-refractivity contribution in [1.82, 2.24) is 15.8 Å². The van der Waals surface area contributed by atoms with Crippen molar-refractivity contribution in [2.75, 3.05) is 6.54 Å². The van der Waals surface area contributed by atoms with Crippen LogP contribution < -0.4 is 10.7 Å². The Morgan fingerprint density at radius 1 is 1.33 bits per heavy atom. The molecule has 3 N–H and O–H groups in total. The highest BCUT2D eigenvalue weighted by Gasteiger charge is 2.35. The van der Waals surface area contributed by atoms with Gasteiger partial charge in [-0.15, -0.1) is 6.58 Å². The Labute approximate surface area is 124 Å². The molecule has 0 atom stereocenters. The highest BCUT2D eigenvalue weighted by Crippen LogP contribution is 2.12. The first-order chi connectivity index (χ1) is 9.87. The van der Waals surface area contributed by atoms with Crippen molar-refractivity contribution in [3.8, 4) is 0 Å². The Kier molecular flexibility index (Phi) is 5.92. The molecule has 0 saturated heterocycles. The fourth-order valence-corrected chi connectivity index (χ4v) is 1.60. The maximum Gasteiger partial charge on any atom is 0.329 e. The molecule has 2 amide bonds. The van der Waals surface area contributed by atoms with Gasteiger partial charge in [-0.25, -0.2) is 4.79 Å². The molecular formula is C15H21N3O3. The number of hydrogen-bond donors (Lipinski definition) is 3. The molecule has 1 rings (SSSR count). The second kappa shape index (κ2) is 7.44. The number of urea groups is 1. The third-order valence-electron chi connectivity index (χ3n) is 3.04. The molecule has 21 heavy (non-hydrogen) atoms. The van der Waals surface area contributed by atoms with E-state index in [1.807, 2.05) is 30.3 Å². The predicted octanol–water partition coefficient (Wildman–Crippen LogP) is 1.75. The first-order valence-electron chi connectivity index (χ1n) is 6.58. The van der Waals surface area contributed by atoms with E-state index in [0.29, 0.717) is 6.54 Å². The number of nitrogens with zero attached hydrogens (tertiary/aromatic N) is 1. The zero-order valence-corrected chi connectivity index (χ0v) is 12.3. The average Bonchev–Trinajstić information content (AvgIpc) is 2.45. The fraction of sp³-hybridized carbons (Fsp3) is 0.333. The number of hydrazine groups is 1. The van der Waals surface area contributed by atoms with Crippen molar-refractivity contribution in [2.45, 2.75) is 25.9 Å². The number of aliphatic carboxylic acids is 1. The van der Waals surface area contributed by atoms with Crippen molar-refractivity contribution >= 4 is 12.0 Å². The number of carbonyl (C=O) groups excluding carboxylic acids is 1. The van der Waals surface area contributed by atoms with Crippen LogP contribution in [0.25, 0.3) is 0 Å². The van der Waals surface area contributed by atoms with Gasteiger partial charge in [0.1, 0.15) is 5.54 Å². The third-order valence-corrected chi connectivity index (χ3v) is 3.04. The highest BCUT2D eigenvalue weighted by molar-refractivity contribution is 5.79. The van der Waals surface area contributed by atoms with E-state index in [1.165, 1.54) is 24.9 Å². The van der Waals surface area contributed by atoms with Gasteiger partial charge in [0.05, 0.1) is 0 Å². The van der Waals surface area contributed by atoms with E-state index >= 15 is 0 Å². The Morgan fingerprint density at radius 3 is 2.48 bits per heavy atom. The minimum absolute atomic E-state index is 0.220. The number of rotatable bonds is 7. The van der Waals surface area contributed by atoms with Gasteiger partial charge in [0.15, 0.2) is 0 Å².